The van der Waals surface area contributed by atoms with E-state index in [1.54, 1.807) is 68.4 Å². The van der Waals surface area contributed by atoms with Crippen molar-refractivity contribution in [3.8, 4) is 0 Å². The van der Waals surface area contributed by atoms with Crippen molar-refractivity contribution in [1.29, 1.82) is 0 Å². The van der Waals surface area contributed by atoms with Crippen LogP contribution in [0.15, 0.2) is 71.6 Å². The molecule has 214 valence electrons. The van der Waals surface area contributed by atoms with Crippen LogP contribution in [0.3, 0.4) is 0 Å². The van der Waals surface area contributed by atoms with Crippen LogP contribution in [0.5, 0.6) is 0 Å². The Hall–Kier alpha value is -2.78. The van der Waals surface area contributed by atoms with Gasteiger partial charge in [0.05, 0.1) is 10.6 Å². The Morgan fingerprint density at radius 2 is 1.43 bits per heavy atom. The molecule has 7 nitrogen and oxygen atoms in total. The highest BCUT2D eigenvalue weighted by atomic mass is 35.5. The maximum Gasteiger partial charge on any atom is 0.264 e. The summed E-state index contributed by atoms with van der Waals surface area (Å²) in [5, 5.41) is 3.85. The number of anilines is 1. The molecule has 0 bridgehead atoms. The van der Waals surface area contributed by atoms with Crippen molar-refractivity contribution in [2.24, 2.45) is 0 Å². The first-order valence-corrected chi connectivity index (χ1v) is 15.1. The van der Waals surface area contributed by atoms with Crippen molar-refractivity contribution in [2.75, 3.05) is 10.8 Å². The summed E-state index contributed by atoms with van der Waals surface area (Å²) in [5.74, 6) is -1.05. The van der Waals surface area contributed by atoms with E-state index in [2.05, 4.69) is 5.32 Å². The van der Waals surface area contributed by atoms with E-state index in [1.807, 2.05) is 20.8 Å². The minimum absolute atomic E-state index is 0.00129. The smallest absolute Gasteiger partial charge is 0.264 e. The molecule has 0 unspecified atom stereocenters. The molecule has 11 heteroatoms. The van der Waals surface area contributed by atoms with Gasteiger partial charge in [0.2, 0.25) is 11.8 Å². The Balaban J connectivity index is 2.11. The molecule has 0 radical (unpaired) electrons. The number of carbonyl (C=O) groups excluding carboxylic acids is 2. The molecule has 3 aromatic carbocycles. The lowest BCUT2D eigenvalue weighted by atomic mass is 10.1. The second-order valence-corrected chi connectivity index (χ2v) is 13.4. The van der Waals surface area contributed by atoms with Gasteiger partial charge < -0.3 is 10.2 Å². The van der Waals surface area contributed by atoms with Crippen molar-refractivity contribution >= 4 is 62.3 Å². The van der Waals surface area contributed by atoms with E-state index in [1.165, 1.54) is 17.0 Å². The molecular formula is C29H32Cl3N3O4S. The number of carbonyl (C=O) groups is 2. The number of nitrogens with one attached hydrogen (secondary N) is 1. The van der Waals surface area contributed by atoms with Crippen LogP contribution in [0.1, 0.15) is 38.8 Å². The van der Waals surface area contributed by atoms with Gasteiger partial charge in [0.1, 0.15) is 12.6 Å². The van der Waals surface area contributed by atoms with Gasteiger partial charge in [-0.05, 0) is 76.6 Å². The first-order chi connectivity index (χ1) is 18.6. The Labute approximate surface area is 251 Å². The highest BCUT2D eigenvalue weighted by molar-refractivity contribution is 7.92. The van der Waals surface area contributed by atoms with Crippen molar-refractivity contribution in [1.82, 2.24) is 10.2 Å². The summed E-state index contributed by atoms with van der Waals surface area (Å²) >= 11 is 19.2. The molecule has 0 aliphatic rings. The van der Waals surface area contributed by atoms with Crippen molar-refractivity contribution < 1.29 is 18.0 Å². The zero-order valence-electron chi connectivity index (χ0n) is 22.9. The maximum atomic E-state index is 14.1. The summed E-state index contributed by atoms with van der Waals surface area (Å²) in [5.41, 5.74) is 0.594. The van der Waals surface area contributed by atoms with E-state index in [4.69, 9.17) is 34.8 Å². The van der Waals surface area contributed by atoms with E-state index in [0.29, 0.717) is 26.2 Å². The van der Waals surface area contributed by atoms with Crippen LogP contribution in [0.2, 0.25) is 15.1 Å². The van der Waals surface area contributed by atoms with Gasteiger partial charge in [-0.3, -0.25) is 13.9 Å². The largest absolute Gasteiger partial charge is 0.350 e. The molecule has 0 heterocycles. The first-order valence-electron chi connectivity index (χ1n) is 12.5. The fourth-order valence-corrected chi connectivity index (χ4v) is 6.19. The molecule has 0 fully saturated rings. The number of nitrogens with zero attached hydrogens (tertiary/aromatic N) is 2. The summed E-state index contributed by atoms with van der Waals surface area (Å²) in [7, 11) is -4.21. The van der Waals surface area contributed by atoms with Gasteiger partial charge in [0.25, 0.3) is 10.0 Å². The number of amides is 2. The van der Waals surface area contributed by atoms with Gasteiger partial charge in [-0.25, -0.2) is 8.42 Å². The molecule has 0 saturated heterocycles. The number of sulfonamides is 1. The van der Waals surface area contributed by atoms with Crippen LogP contribution in [-0.4, -0.2) is 43.3 Å². The maximum absolute atomic E-state index is 14.1. The molecule has 0 aromatic heterocycles. The highest BCUT2D eigenvalue weighted by Crippen LogP contribution is 2.32. The molecule has 2 amide bonds. The average molecular weight is 625 g/mol. The molecular weight excluding hydrogens is 593 g/mol. The molecule has 0 aliphatic carbocycles. The second-order valence-electron chi connectivity index (χ2n) is 10.3. The topological polar surface area (TPSA) is 86.8 Å². The number of hydrogen-bond donors (Lipinski definition) is 1. The first kappa shape index (κ1) is 31.7. The molecule has 40 heavy (non-hydrogen) atoms. The van der Waals surface area contributed by atoms with Gasteiger partial charge >= 0.3 is 0 Å². The summed E-state index contributed by atoms with van der Waals surface area (Å²) in [4.78, 5) is 28.6. The number of rotatable bonds is 9. The fourth-order valence-electron chi connectivity index (χ4n) is 4.01. The Bertz CT molecular complexity index is 1470. The van der Waals surface area contributed by atoms with E-state index >= 15 is 0 Å². The zero-order valence-corrected chi connectivity index (χ0v) is 26.0. The van der Waals surface area contributed by atoms with Crippen LogP contribution in [0.25, 0.3) is 0 Å². The molecule has 1 N–H and O–H groups in total. The SMILES string of the molecule is Cc1c(Cl)cccc1N(CC(=O)N(Cc1c(Cl)cccc1Cl)[C@H](C)C(=O)NC(C)(C)C)S(=O)(=O)c1ccccc1. The van der Waals surface area contributed by atoms with Crippen LogP contribution < -0.4 is 9.62 Å². The predicted octanol–water partition coefficient (Wildman–Crippen LogP) is 6.48. The molecule has 0 aliphatic heterocycles. The van der Waals surface area contributed by atoms with Gasteiger partial charge in [-0.1, -0.05) is 65.1 Å². The highest BCUT2D eigenvalue weighted by Gasteiger charge is 2.34. The normalized spacial score (nSPS) is 12.5. The van der Waals surface area contributed by atoms with Crippen LogP contribution in [0, 0.1) is 6.92 Å². The lowest BCUT2D eigenvalue weighted by Gasteiger charge is -2.34. The average Bonchev–Trinajstić information content (AvgIpc) is 2.88. The van der Waals surface area contributed by atoms with Crippen molar-refractivity contribution in [3.05, 3.63) is 92.9 Å². The lowest BCUT2D eigenvalue weighted by molar-refractivity contribution is -0.140. The second kappa shape index (κ2) is 12.8. The van der Waals surface area contributed by atoms with E-state index in [0.717, 1.165) is 4.31 Å². The number of benzene rings is 3. The predicted molar refractivity (Wildman–Crippen MR) is 162 cm³/mol. The molecule has 0 saturated carbocycles. The third-order valence-corrected chi connectivity index (χ3v) is 9.07. The van der Waals surface area contributed by atoms with Crippen LogP contribution >= 0.6 is 34.8 Å². The van der Waals surface area contributed by atoms with E-state index in [-0.39, 0.29) is 17.1 Å². The molecule has 1 atom stereocenters. The molecule has 3 rings (SSSR count). The minimum atomic E-state index is -4.21. The zero-order chi connectivity index (χ0) is 29.8. The molecule has 0 spiro atoms. The third-order valence-electron chi connectivity index (χ3n) is 6.17. The summed E-state index contributed by atoms with van der Waals surface area (Å²) < 4.78 is 28.8. The number of halogens is 3. The van der Waals surface area contributed by atoms with Gasteiger partial charge in [-0.15, -0.1) is 0 Å². The van der Waals surface area contributed by atoms with Gasteiger partial charge in [-0.2, -0.15) is 0 Å². The minimum Gasteiger partial charge on any atom is -0.350 e. The lowest BCUT2D eigenvalue weighted by Crippen LogP contribution is -2.54. The van der Waals surface area contributed by atoms with Crippen LogP contribution in [0.4, 0.5) is 5.69 Å². The summed E-state index contributed by atoms with van der Waals surface area (Å²) in [6.45, 7) is 8.00. The number of hydrogen-bond acceptors (Lipinski definition) is 4. The fraction of sp³-hybridized carbons (Fsp3) is 0.310. The van der Waals surface area contributed by atoms with Gasteiger partial charge in [0.15, 0.2) is 0 Å². The Morgan fingerprint density at radius 1 is 0.875 bits per heavy atom. The van der Waals surface area contributed by atoms with E-state index in [9.17, 15) is 18.0 Å². The van der Waals surface area contributed by atoms with Gasteiger partial charge in [0, 0.05) is 32.7 Å². The summed E-state index contributed by atoms with van der Waals surface area (Å²) in [6, 6.07) is 16.6. The quantitative estimate of drug-likeness (QED) is 0.295. The molecule has 3 aromatic rings. The van der Waals surface area contributed by atoms with Crippen molar-refractivity contribution in [3.63, 3.8) is 0 Å². The van der Waals surface area contributed by atoms with E-state index < -0.39 is 40.0 Å². The monoisotopic (exact) mass is 623 g/mol. The standard InChI is InChI=1S/C29H32Cl3N3O4S/c1-19-23(30)13-10-16-26(19)35(40(38,39)21-11-7-6-8-12-21)18-27(36)34(20(2)28(37)33-29(3,4)5)17-22-24(31)14-9-15-25(22)32/h6-16,20H,17-18H2,1-5H3,(H,33,37)/t20-/m1/s1. The van der Waals surface area contributed by atoms with Crippen LogP contribution in [-0.2, 0) is 26.2 Å². The van der Waals surface area contributed by atoms with Crippen molar-refractivity contribution in [2.45, 2.75) is 57.6 Å². The summed E-state index contributed by atoms with van der Waals surface area (Å²) in [6.07, 6.45) is 0. The Morgan fingerprint density at radius 3 is 2.00 bits per heavy atom. The Kier molecular flexibility index (Phi) is 10.2. The third kappa shape index (κ3) is 7.49.